The molecule has 2 heterocycles. The van der Waals surface area contributed by atoms with Crippen LogP contribution in [0.5, 0.6) is 0 Å². The Kier molecular flexibility index (Phi) is 9.15. The third-order valence-electron chi connectivity index (χ3n) is 4.61. The van der Waals surface area contributed by atoms with Gasteiger partial charge in [0.25, 0.3) is 0 Å². The molecular weight excluding hydrogens is 510 g/mol. The molecule has 10 heteroatoms. The average Bonchev–Trinajstić information content (AvgIpc) is 2.74. The van der Waals surface area contributed by atoms with Crippen LogP contribution in [0.1, 0.15) is 16.8 Å². The number of guanidine groups is 1. The van der Waals surface area contributed by atoms with E-state index in [2.05, 4.69) is 20.6 Å². The van der Waals surface area contributed by atoms with Gasteiger partial charge in [-0.25, -0.2) is 0 Å². The van der Waals surface area contributed by atoms with Crippen molar-refractivity contribution < 1.29 is 17.9 Å². The zero-order valence-electron chi connectivity index (χ0n) is 16.6. The number of aromatic nitrogens is 1. The molecule has 0 atom stereocenters. The van der Waals surface area contributed by atoms with Crippen LogP contribution in [0.15, 0.2) is 47.6 Å². The van der Waals surface area contributed by atoms with Crippen molar-refractivity contribution in [2.45, 2.75) is 19.3 Å². The highest BCUT2D eigenvalue weighted by atomic mass is 127. The lowest BCUT2D eigenvalue weighted by molar-refractivity contribution is -0.138. The SMILES string of the molecule is CN=C(NCc1ccccn1)NCc1ccc(N2CCOCC2)cc1C(F)(F)F.I. The average molecular weight is 535 g/mol. The Labute approximate surface area is 190 Å². The third kappa shape index (κ3) is 6.73. The van der Waals surface area contributed by atoms with Crippen molar-refractivity contribution in [2.75, 3.05) is 38.3 Å². The summed E-state index contributed by atoms with van der Waals surface area (Å²) in [7, 11) is 1.57. The number of pyridine rings is 1. The van der Waals surface area contributed by atoms with E-state index in [0.29, 0.717) is 44.5 Å². The summed E-state index contributed by atoms with van der Waals surface area (Å²) in [6.45, 7) is 2.62. The van der Waals surface area contributed by atoms with Crippen LogP contribution < -0.4 is 15.5 Å². The predicted molar refractivity (Wildman–Crippen MR) is 121 cm³/mol. The number of aliphatic imine (C=N–C) groups is 1. The molecule has 1 aromatic heterocycles. The summed E-state index contributed by atoms with van der Waals surface area (Å²) in [6, 6.07) is 9.99. The molecule has 0 unspecified atom stereocenters. The second kappa shape index (κ2) is 11.3. The van der Waals surface area contributed by atoms with Gasteiger partial charge in [-0.1, -0.05) is 12.1 Å². The van der Waals surface area contributed by atoms with E-state index in [4.69, 9.17) is 4.74 Å². The minimum Gasteiger partial charge on any atom is -0.378 e. The molecule has 6 nitrogen and oxygen atoms in total. The number of morpholine rings is 1. The first kappa shape index (κ1) is 24.2. The fourth-order valence-corrected chi connectivity index (χ4v) is 3.08. The molecule has 2 N–H and O–H groups in total. The summed E-state index contributed by atoms with van der Waals surface area (Å²) < 4.78 is 46.2. The zero-order valence-corrected chi connectivity index (χ0v) is 18.9. The van der Waals surface area contributed by atoms with E-state index in [1.54, 1.807) is 19.3 Å². The van der Waals surface area contributed by atoms with Crippen molar-refractivity contribution in [3.8, 4) is 0 Å². The molecular formula is C20H25F3IN5O. The van der Waals surface area contributed by atoms with Gasteiger partial charge in [-0.15, -0.1) is 24.0 Å². The summed E-state index contributed by atoms with van der Waals surface area (Å²) >= 11 is 0. The minimum absolute atomic E-state index is 0. The van der Waals surface area contributed by atoms with E-state index >= 15 is 0 Å². The van der Waals surface area contributed by atoms with Crippen LogP contribution in [0.25, 0.3) is 0 Å². The molecule has 0 spiro atoms. The summed E-state index contributed by atoms with van der Waals surface area (Å²) in [5, 5.41) is 6.00. The lowest BCUT2D eigenvalue weighted by atomic mass is 10.0. The molecule has 1 fully saturated rings. The van der Waals surface area contributed by atoms with Crippen LogP contribution in [-0.2, 0) is 24.0 Å². The topological polar surface area (TPSA) is 61.8 Å². The highest BCUT2D eigenvalue weighted by Crippen LogP contribution is 2.35. The maximum atomic E-state index is 13.6. The van der Waals surface area contributed by atoms with Crippen LogP contribution in [0, 0.1) is 0 Å². The van der Waals surface area contributed by atoms with Gasteiger partial charge in [-0.05, 0) is 29.8 Å². The highest BCUT2D eigenvalue weighted by Gasteiger charge is 2.34. The number of benzene rings is 1. The van der Waals surface area contributed by atoms with Crippen LogP contribution in [0.4, 0.5) is 18.9 Å². The van der Waals surface area contributed by atoms with E-state index in [1.165, 1.54) is 12.1 Å². The van der Waals surface area contributed by atoms with Crippen molar-refractivity contribution in [3.63, 3.8) is 0 Å². The Bertz CT molecular complexity index is 827. The van der Waals surface area contributed by atoms with Gasteiger partial charge in [0.2, 0.25) is 0 Å². The Morgan fingerprint density at radius 2 is 1.87 bits per heavy atom. The van der Waals surface area contributed by atoms with Crippen molar-refractivity contribution >= 4 is 35.6 Å². The lowest BCUT2D eigenvalue weighted by Gasteiger charge is -2.29. The van der Waals surface area contributed by atoms with Gasteiger partial charge in [0.15, 0.2) is 5.96 Å². The quantitative estimate of drug-likeness (QED) is 0.349. The van der Waals surface area contributed by atoms with Gasteiger partial charge in [0.05, 0.1) is 31.0 Å². The molecule has 3 rings (SSSR count). The van der Waals surface area contributed by atoms with Crippen molar-refractivity contribution in [1.82, 2.24) is 15.6 Å². The van der Waals surface area contributed by atoms with E-state index in [1.807, 2.05) is 23.1 Å². The Morgan fingerprint density at radius 1 is 1.13 bits per heavy atom. The number of nitrogens with one attached hydrogen (secondary N) is 2. The molecule has 1 saturated heterocycles. The molecule has 2 aromatic rings. The molecule has 164 valence electrons. The molecule has 0 saturated carbocycles. The van der Waals surface area contributed by atoms with E-state index < -0.39 is 11.7 Å². The fourth-order valence-electron chi connectivity index (χ4n) is 3.08. The molecule has 1 aromatic carbocycles. The second-order valence-electron chi connectivity index (χ2n) is 6.54. The predicted octanol–water partition coefficient (Wildman–Crippen LogP) is 3.42. The van der Waals surface area contributed by atoms with Gasteiger partial charge in [-0.3, -0.25) is 9.98 Å². The third-order valence-corrected chi connectivity index (χ3v) is 4.61. The number of nitrogens with zero attached hydrogens (tertiary/aromatic N) is 3. The molecule has 0 aliphatic carbocycles. The number of anilines is 1. The Balaban J connectivity index is 0.00000320. The number of rotatable bonds is 5. The second-order valence-corrected chi connectivity index (χ2v) is 6.54. The Hall–Kier alpha value is -2.08. The summed E-state index contributed by atoms with van der Waals surface area (Å²) in [6.07, 6.45) is -2.76. The lowest BCUT2D eigenvalue weighted by Crippen LogP contribution is -2.37. The van der Waals surface area contributed by atoms with E-state index in [-0.39, 0.29) is 36.1 Å². The first-order valence-corrected chi connectivity index (χ1v) is 9.34. The highest BCUT2D eigenvalue weighted by molar-refractivity contribution is 14.0. The van der Waals surface area contributed by atoms with Crippen LogP contribution in [-0.4, -0.2) is 44.3 Å². The Morgan fingerprint density at radius 3 is 2.50 bits per heavy atom. The first-order chi connectivity index (χ1) is 14.0. The summed E-state index contributed by atoms with van der Waals surface area (Å²) in [4.78, 5) is 10.2. The van der Waals surface area contributed by atoms with Gasteiger partial charge in [0, 0.05) is 38.6 Å². The number of hydrogen-bond donors (Lipinski definition) is 2. The van der Waals surface area contributed by atoms with Crippen molar-refractivity contribution in [2.24, 2.45) is 4.99 Å². The maximum Gasteiger partial charge on any atom is 0.416 e. The van der Waals surface area contributed by atoms with Gasteiger partial charge in [0.1, 0.15) is 0 Å². The number of hydrogen-bond acceptors (Lipinski definition) is 4. The summed E-state index contributed by atoms with van der Waals surface area (Å²) in [5.74, 6) is 0.404. The number of ether oxygens (including phenoxy) is 1. The smallest absolute Gasteiger partial charge is 0.378 e. The largest absolute Gasteiger partial charge is 0.416 e. The van der Waals surface area contributed by atoms with Crippen LogP contribution in [0.2, 0.25) is 0 Å². The van der Waals surface area contributed by atoms with Gasteiger partial charge < -0.3 is 20.3 Å². The molecule has 0 bridgehead atoms. The van der Waals surface area contributed by atoms with Gasteiger partial charge >= 0.3 is 6.18 Å². The van der Waals surface area contributed by atoms with Crippen LogP contribution >= 0.6 is 24.0 Å². The summed E-state index contributed by atoms with van der Waals surface area (Å²) in [5.41, 5.74) is 0.882. The van der Waals surface area contributed by atoms with Crippen molar-refractivity contribution in [3.05, 3.63) is 59.4 Å². The normalized spacial score (nSPS) is 14.8. The fraction of sp³-hybridized carbons (Fsp3) is 0.400. The molecule has 1 aliphatic rings. The van der Waals surface area contributed by atoms with Gasteiger partial charge in [-0.2, -0.15) is 13.2 Å². The van der Waals surface area contributed by atoms with Crippen LogP contribution in [0.3, 0.4) is 0 Å². The van der Waals surface area contributed by atoms with E-state index in [0.717, 1.165) is 5.69 Å². The molecule has 1 aliphatic heterocycles. The standard InChI is InChI=1S/C20H24F3N5O.HI/c1-24-19(27-14-16-4-2-3-7-25-16)26-13-15-5-6-17(12-18(15)20(21,22)23)28-8-10-29-11-9-28;/h2-7,12H,8-11,13-14H2,1H3,(H2,24,26,27);1H. The molecule has 0 radical (unpaired) electrons. The molecule has 0 amide bonds. The minimum atomic E-state index is -4.44. The molecule has 30 heavy (non-hydrogen) atoms. The number of alkyl halides is 3. The van der Waals surface area contributed by atoms with Crippen molar-refractivity contribution in [1.29, 1.82) is 0 Å². The monoisotopic (exact) mass is 535 g/mol. The maximum absolute atomic E-state index is 13.6. The zero-order chi connectivity index (χ0) is 20.7. The van der Waals surface area contributed by atoms with E-state index in [9.17, 15) is 13.2 Å². The first-order valence-electron chi connectivity index (χ1n) is 9.34. The number of halogens is 4.